The van der Waals surface area contributed by atoms with Gasteiger partial charge in [0.1, 0.15) is 0 Å². The van der Waals surface area contributed by atoms with Gasteiger partial charge in [-0.05, 0) is 12.8 Å². The molecule has 21 heavy (non-hydrogen) atoms. The summed E-state index contributed by atoms with van der Waals surface area (Å²) in [5.74, 6) is 0.279. The number of rotatable bonds is 7. The maximum atomic E-state index is 12.4. The average Bonchev–Trinajstić information content (AvgIpc) is 3.02. The van der Waals surface area contributed by atoms with Crippen LogP contribution in [0.15, 0.2) is 11.6 Å². The summed E-state index contributed by atoms with van der Waals surface area (Å²) >= 11 is 1.68. The Balaban J connectivity index is 1.78. The molecule has 2 rings (SSSR count). The molecule has 1 aromatic heterocycles. The Kier molecular flexibility index (Phi) is 6.45. The molecule has 0 N–H and O–H groups in total. The summed E-state index contributed by atoms with van der Waals surface area (Å²) in [6.07, 6.45) is 3.91. The zero-order valence-corrected chi connectivity index (χ0v) is 13.9. The van der Waals surface area contributed by atoms with Crippen molar-refractivity contribution in [3.05, 3.63) is 11.6 Å². The zero-order chi connectivity index (χ0) is 15.1. The molecule has 0 unspecified atom stereocenters. The van der Waals surface area contributed by atoms with E-state index in [2.05, 4.69) is 28.6 Å². The van der Waals surface area contributed by atoms with Crippen molar-refractivity contribution < 1.29 is 4.79 Å². The van der Waals surface area contributed by atoms with Gasteiger partial charge in [-0.3, -0.25) is 9.69 Å². The first kappa shape index (κ1) is 16.2. The SMILES string of the molecule is CCCN(CCC)C(=O)CN1CCN(c2nccs2)CC1. The van der Waals surface area contributed by atoms with Crippen LogP contribution in [0.4, 0.5) is 5.13 Å². The number of nitrogens with zero attached hydrogens (tertiary/aromatic N) is 4. The number of thiazole rings is 1. The third-order valence-electron chi connectivity index (χ3n) is 3.76. The van der Waals surface area contributed by atoms with Crippen LogP contribution in [0.3, 0.4) is 0 Å². The molecule has 1 fully saturated rings. The van der Waals surface area contributed by atoms with E-state index >= 15 is 0 Å². The third-order valence-corrected chi connectivity index (χ3v) is 4.59. The molecule has 0 aliphatic carbocycles. The van der Waals surface area contributed by atoms with Crippen molar-refractivity contribution in [2.24, 2.45) is 0 Å². The lowest BCUT2D eigenvalue weighted by molar-refractivity contribution is -0.132. The van der Waals surface area contributed by atoms with E-state index in [0.717, 1.165) is 57.2 Å². The molecule has 1 aliphatic heterocycles. The highest BCUT2D eigenvalue weighted by atomic mass is 32.1. The zero-order valence-electron chi connectivity index (χ0n) is 13.1. The van der Waals surface area contributed by atoms with E-state index < -0.39 is 0 Å². The molecule has 1 saturated heterocycles. The number of amides is 1. The van der Waals surface area contributed by atoms with Crippen molar-refractivity contribution >= 4 is 22.4 Å². The maximum Gasteiger partial charge on any atom is 0.236 e. The molecule has 2 heterocycles. The second kappa shape index (κ2) is 8.34. The van der Waals surface area contributed by atoms with Crippen LogP contribution < -0.4 is 4.90 Å². The molecule has 0 bridgehead atoms. The Morgan fingerprint density at radius 3 is 2.43 bits per heavy atom. The lowest BCUT2D eigenvalue weighted by Gasteiger charge is -2.35. The van der Waals surface area contributed by atoms with E-state index in [1.165, 1.54) is 0 Å². The molecule has 1 amide bonds. The average molecular weight is 310 g/mol. The molecule has 1 aromatic rings. The van der Waals surface area contributed by atoms with Crippen LogP contribution >= 0.6 is 11.3 Å². The lowest BCUT2D eigenvalue weighted by Crippen LogP contribution is -2.50. The number of anilines is 1. The molecule has 0 spiro atoms. The van der Waals surface area contributed by atoms with E-state index in [1.54, 1.807) is 11.3 Å². The van der Waals surface area contributed by atoms with Gasteiger partial charge in [-0.1, -0.05) is 13.8 Å². The van der Waals surface area contributed by atoms with Gasteiger partial charge in [-0.15, -0.1) is 11.3 Å². The minimum absolute atomic E-state index is 0.279. The second-order valence-corrected chi connectivity index (χ2v) is 6.33. The van der Waals surface area contributed by atoms with Crippen LogP contribution in [0.1, 0.15) is 26.7 Å². The van der Waals surface area contributed by atoms with Gasteiger partial charge < -0.3 is 9.80 Å². The normalized spacial score (nSPS) is 16.2. The van der Waals surface area contributed by atoms with Crippen molar-refractivity contribution in [1.29, 1.82) is 0 Å². The molecule has 1 aliphatic rings. The molecule has 0 saturated carbocycles. The molecule has 118 valence electrons. The molecule has 0 aromatic carbocycles. The first-order chi connectivity index (χ1) is 10.2. The monoisotopic (exact) mass is 310 g/mol. The number of piperazine rings is 1. The Hall–Kier alpha value is -1.14. The van der Waals surface area contributed by atoms with Crippen LogP contribution in [-0.2, 0) is 4.79 Å². The number of hydrogen-bond acceptors (Lipinski definition) is 5. The Labute approximate surface area is 131 Å². The van der Waals surface area contributed by atoms with Crippen LogP contribution in [0, 0.1) is 0 Å². The fraction of sp³-hybridized carbons (Fsp3) is 0.733. The summed E-state index contributed by atoms with van der Waals surface area (Å²) in [7, 11) is 0. The van der Waals surface area contributed by atoms with Crippen molar-refractivity contribution in [3.63, 3.8) is 0 Å². The highest BCUT2D eigenvalue weighted by Gasteiger charge is 2.22. The summed E-state index contributed by atoms with van der Waals surface area (Å²) in [5.41, 5.74) is 0. The Morgan fingerprint density at radius 1 is 1.24 bits per heavy atom. The number of hydrogen-bond donors (Lipinski definition) is 0. The summed E-state index contributed by atoms with van der Waals surface area (Å²) < 4.78 is 0. The van der Waals surface area contributed by atoms with Gasteiger partial charge in [0.15, 0.2) is 5.13 Å². The summed E-state index contributed by atoms with van der Waals surface area (Å²) in [6.45, 7) is 10.4. The van der Waals surface area contributed by atoms with Gasteiger partial charge in [-0.25, -0.2) is 4.98 Å². The highest BCUT2D eigenvalue weighted by molar-refractivity contribution is 7.13. The Bertz CT molecular complexity index is 409. The standard InChI is InChI=1S/C15H26N4OS/c1-3-6-18(7-4-2)14(20)13-17-8-10-19(11-9-17)15-16-5-12-21-15/h5,12H,3-4,6-11,13H2,1-2H3. The second-order valence-electron chi connectivity index (χ2n) is 5.46. The predicted molar refractivity (Wildman–Crippen MR) is 87.9 cm³/mol. The number of carbonyl (C=O) groups excluding carboxylic acids is 1. The largest absolute Gasteiger partial charge is 0.346 e. The fourth-order valence-electron chi connectivity index (χ4n) is 2.66. The van der Waals surface area contributed by atoms with Crippen LogP contribution in [0.5, 0.6) is 0 Å². The topological polar surface area (TPSA) is 39.7 Å². The molecular formula is C15H26N4OS. The van der Waals surface area contributed by atoms with Crippen molar-refractivity contribution in [2.45, 2.75) is 26.7 Å². The van der Waals surface area contributed by atoms with E-state index in [9.17, 15) is 4.79 Å². The molecule has 0 radical (unpaired) electrons. The van der Waals surface area contributed by atoms with Gasteiger partial charge in [0, 0.05) is 50.8 Å². The van der Waals surface area contributed by atoms with E-state index in [-0.39, 0.29) is 5.91 Å². The van der Waals surface area contributed by atoms with E-state index in [0.29, 0.717) is 6.54 Å². The van der Waals surface area contributed by atoms with Crippen LogP contribution in [0.25, 0.3) is 0 Å². The number of aromatic nitrogens is 1. The van der Waals surface area contributed by atoms with Crippen LogP contribution in [-0.4, -0.2) is 66.5 Å². The van der Waals surface area contributed by atoms with Gasteiger partial charge in [0.2, 0.25) is 5.91 Å². The molecule has 5 nitrogen and oxygen atoms in total. The summed E-state index contributed by atoms with van der Waals surface area (Å²) in [4.78, 5) is 23.3. The minimum Gasteiger partial charge on any atom is -0.346 e. The summed E-state index contributed by atoms with van der Waals surface area (Å²) in [5, 5.41) is 3.11. The van der Waals surface area contributed by atoms with E-state index in [1.807, 2.05) is 16.5 Å². The molecule has 6 heteroatoms. The lowest BCUT2D eigenvalue weighted by atomic mass is 10.3. The summed E-state index contributed by atoms with van der Waals surface area (Å²) in [6, 6.07) is 0. The van der Waals surface area contributed by atoms with Gasteiger partial charge in [-0.2, -0.15) is 0 Å². The minimum atomic E-state index is 0.279. The number of carbonyl (C=O) groups is 1. The van der Waals surface area contributed by atoms with Crippen molar-refractivity contribution in [1.82, 2.24) is 14.8 Å². The predicted octanol–water partition coefficient (Wildman–Crippen LogP) is 1.91. The Morgan fingerprint density at radius 2 is 1.90 bits per heavy atom. The first-order valence-electron chi connectivity index (χ1n) is 7.89. The van der Waals surface area contributed by atoms with Crippen molar-refractivity contribution in [2.75, 3.05) is 50.7 Å². The highest BCUT2D eigenvalue weighted by Crippen LogP contribution is 2.18. The fourth-order valence-corrected chi connectivity index (χ4v) is 3.36. The van der Waals surface area contributed by atoms with Crippen molar-refractivity contribution in [3.8, 4) is 0 Å². The molecule has 0 atom stereocenters. The van der Waals surface area contributed by atoms with E-state index in [4.69, 9.17) is 0 Å². The van der Waals surface area contributed by atoms with Gasteiger partial charge in [0.25, 0.3) is 0 Å². The third kappa shape index (κ3) is 4.68. The maximum absolute atomic E-state index is 12.4. The first-order valence-corrected chi connectivity index (χ1v) is 8.77. The van der Waals surface area contributed by atoms with Gasteiger partial charge >= 0.3 is 0 Å². The van der Waals surface area contributed by atoms with Gasteiger partial charge in [0.05, 0.1) is 6.54 Å². The smallest absolute Gasteiger partial charge is 0.236 e. The van der Waals surface area contributed by atoms with Crippen LogP contribution in [0.2, 0.25) is 0 Å². The molecular weight excluding hydrogens is 284 g/mol. The quantitative estimate of drug-likeness (QED) is 0.771.